The Labute approximate surface area is 186 Å². The van der Waals surface area contributed by atoms with E-state index in [0.29, 0.717) is 18.8 Å². The SMILES string of the molecule is C[C@@H]1CC(Cn2ncc3cc(-c4cn[nH]c4)ccc32)CN1C(=O)CCc1ccc(F)cc1. The van der Waals surface area contributed by atoms with Crippen molar-refractivity contribution >= 4 is 16.8 Å². The number of fused-ring (bicyclic) bond motifs is 1. The standard InChI is InChI=1S/C25H26FN5O/c1-17-10-19(15-30(17)25(32)9-4-18-2-6-23(26)7-3-18)16-31-24-8-5-20(11-21(24)14-29-31)22-12-27-28-13-22/h2-3,5-8,11-14,17,19H,4,9-10,15-16H2,1H3,(H,27,28)/t17-,19?/m1/s1. The van der Waals surface area contributed by atoms with Crippen LogP contribution in [0.2, 0.25) is 0 Å². The van der Waals surface area contributed by atoms with E-state index >= 15 is 0 Å². The van der Waals surface area contributed by atoms with E-state index in [1.54, 1.807) is 12.1 Å². The maximum Gasteiger partial charge on any atom is 0.223 e. The number of halogens is 1. The molecular weight excluding hydrogens is 405 g/mol. The van der Waals surface area contributed by atoms with Crippen LogP contribution in [-0.4, -0.2) is 43.4 Å². The fraction of sp³-hybridized carbons (Fsp3) is 0.320. The van der Waals surface area contributed by atoms with Crippen molar-refractivity contribution in [2.75, 3.05) is 6.54 Å². The number of nitrogens with one attached hydrogen (secondary N) is 1. The second kappa shape index (κ2) is 8.57. The average Bonchev–Trinajstić information content (AvgIpc) is 3.54. The summed E-state index contributed by atoms with van der Waals surface area (Å²) in [7, 11) is 0. The Hall–Kier alpha value is -3.48. The summed E-state index contributed by atoms with van der Waals surface area (Å²) in [6, 6.07) is 12.9. The number of likely N-dealkylation sites (tertiary alicyclic amines) is 1. The Balaban J connectivity index is 1.22. The van der Waals surface area contributed by atoms with Gasteiger partial charge < -0.3 is 4.90 Å². The third-order valence-electron chi connectivity index (χ3n) is 6.43. The van der Waals surface area contributed by atoms with Gasteiger partial charge in [0.2, 0.25) is 5.91 Å². The van der Waals surface area contributed by atoms with Crippen LogP contribution in [0.15, 0.2) is 61.1 Å². The minimum atomic E-state index is -0.250. The Bertz CT molecular complexity index is 1220. The van der Waals surface area contributed by atoms with E-state index in [1.165, 1.54) is 12.1 Å². The highest BCUT2D eigenvalue weighted by Crippen LogP contribution is 2.28. The van der Waals surface area contributed by atoms with Crippen molar-refractivity contribution in [2.45, 2.75) is 38.8 Å². The molecule has 32 heavy (non-hydrogen) atoms. The summed E-state index contributed by atoms with van der Waals surface area (Å²) < 4.78 is 15.1. The molecule has 6 nitrogen and oxygen atoms in total. The molecule has 1 aliphatic rings. The molecule has 1 fully saturated rings. The van der Waals surface area contributed by atoms with Crippen LogP contribution in [0, 0.1) is 11.7 Å². The molecule has 1 amide bonds. The van der Waals surface area contributed by atoms with Crippen LogP contribution in [0.5, 0.6) is 0 Å². The van der Waals surface area contributed by atoms with Gasteiger partial charge in [0.1, 0.15) is 5.82 Å². The van der Waals surface area contributed by atoms with Crippen LogP contribution in [0.4, 0.5) is 4.39 Å². The smallest absolute Gasteiger partial charge is 0.223 e. The summed E-state index contributed by atoms with van der Waals surface area (Å²) >= 11 is 0. The zero-order chi connectivity index (χ0) is 22.1. The van der Waals surface area contributed by atoms with Gasteiger partial charge in [0.25, 0.3) is 0 Å². The van der Waals surface area contributed by atoms with Crippen LogP contribution in [-0.2, 0) is 17.8 Å². The predicted molar refractivity (Wildman–Crippen MR) is 121 cm³/mol. The third kappa shape index (κ3) is 4.15. The molecule has 0 spiro atoms. The van der Waals surface area contributed by atoms with E-state index in [-0.39, 0.29) is 17.8 Å². The molecule has 3 heterocycles. The number of carbonyl (C=O) groups excluding carboxylic acids is 1. The molecule has 1 N–H and O–H groups in total. The molecule has 5 rings (SSSR count). The molecule has 4 aromatic rings. The summed E-state index contributed by atoms with van der Waals surface area (Å²) in [5, 5.41) is 12.6. The molecule has 0 radical (unpaired) electrons. The molecular formula is C25H26FN5O. The van der Waals surface area contributed by atoms with Gasteiger partial charge in [-0.2, -0.15) is 10.2 Å². The molecule has 2 aromatic carbocycles. The largest absolute Gasteiger partial charge is 0.340 e. The maximum atomic E-state index is 13.1. The lowest BCUT2D eigenvalue weighted by Crippen LogP contribution is -2.34. The van der Waals surface area contributed by atoms with E-state index in [4.69, 9.17) is 0 Å². The van der Waals surface area contributed by atoms with Gasteiger partial charge in [-0.1, -0.05) is 18.2 Å². The number of H-pyrrole nitrogens is 1. The van der Waals surface area contributed by atoms with Crippen molar-refractivity contribution < 1.29 is 9.18 Å². The van der Waals surface area contributed by atoms with Gasteiger partial charge in [0, 0.05) is 42.7 Å². The van der Waals surface area contributed by atoms with E-state index in [0.717, 1.165) is 47.1 Å². The van der Waals surface area contributed by atoms with Crippen molar-refractivity contribution in [3.8, 4) is 11.1 Å². The molecule has 2 atom stereocenters. The molecule has 164 valence electrons. The molecule has 0 saturated carbocycles. The van der Waals surface area contributed by atoms with Gasteiger partial charge in [0.05, 0.1) is 17.9 Å². The highest BCUT2D eigenvalue weighted by atomic mass is 19.1. The number of aromatic amines is 1. The topological polar surface area (TPSA) is 66.8 Å². The summed E-state index contributed by atoms with van der Waals surface area (Å²) in [5.41, 5.74) is 4.25. The zero-order valence-electron chi connectivity index (χ0n) is 18.0. The van der Waals surface area contributed by atoms with Crippen LogP contribution >= 0.6 is 0 Å². The Morgan fingerprint density at radius 1 is 1.16 bits per heavy atom. The lowest BCUT2D eigenvalue weighted by Gasteiger charge is -2.21. The second-order valence-electron chi connectivity index (χ2n) is 8.71. The van der Waals surface area contributed by atoms with Crippen molar-refractivity contribution in [1.82, 2.24) is 24.9 Å². The molecule has 1 aliphatic heterocycles. The van der Waals surface area contributed by atoms with Gasteiger partial charge in [-0.3, -0.25) is 14.6 Å². The number of aromatic nitrogens is 4. The Kier molecular flexibility index (Phi) is 5.47. The van der Waals surface area contributed by atoms with E-state index in [2.05, 4.69) is 45.1 Å². The van der Waals surface area contributed by atoms with Gasteiger partial charge in [-0.15, -0.1) is 0 Å². The minimum absolute atomic E-state index is 0.166. The van der Waals surface area contributed by atoms with Crippen molar-refractivity contribution in [1.29, 1.82) is 0 Å². The summed E-state index contributed by atoms with van der Waals surface area (Å²) in [4.78, 5) is 14.8. The molecule has 0 aliphatic carbocycles. The molecule has 1 saturated heterocycles. The first-order valence-electron chi connectivity index (χ1n) is 11.1. The number of carbonyl (C=O) groups is 1. The fourth-order valence-electron chi connectivity index (χ4n) is 4.73. The van der Waals surface area contributed by atoms with Crippen molar-refractivity contribution in [3.63, 3.8) is 0 Å². The van der Waals surface area contributed by atoms with E-state index < -0.39 is 0 Å². The predicted octanol–water partition coefficient (Wildman–Crippen LogP) is 4.44. The second-order valence-corrected chi connectivity index (χ2v) is 8.71. The number of amides is 1. The van der Waals surface area contributed by atoms with Crippen LogP contribution < -0.4 is 0 Å². The molecule has 7 heteroatoms. The number of hydrogen-bond acceptors (Lipinski definition) is 3. The van der Waals surface area contributed by atoms with Gasteiger partial charge >= 0.3 is 0 Å². The summed E-state index contributed by atoms with van der Waals surface area (Å²) in [5.74, 6) is 0.288. The first-order valence-corrected chi connectivity index (χ1v) is 11.1. The third-order valence-corrected chi connectivity index (χ3v) is 6.43. The fourth-order valence-corrected chi connectivity index (χ4v) is 4.73. The van der Waals surface area contributed by atoms with Crippen LogP contribution in [0.1, 0.15) is 25.3 Å². The molecule has 1 unspecified atom stereocenters. The Morgan fingerprint density at radius 2 is 2.00 bits per heavy atom. The lowest BCUT2D eigenvalue weighted by molar-refractivity contribution is -0.131. The van der Waals surface area contributed by atoms with E-state index in [9.17, 15) is 9.18 Å². The number of aryl methyl sites for hydroxylation is 1. The monoisotopic (exact) mass is 431 g/mol. The van der Waals surface area contributed by atoms with Crippen molar-refractivity contribution in [3.05, 3.63) is 72.4 Å². The number of nitrogens with zero attached hydrogens (tertiary/aromatic N) is 4. The maximum absolute atomic E-state index is 13.1. The van der Waals surface area contributed by atoms with Crippen molar-refractivity contribution in [2.24, 2.45) is 5.92 Å². The normalized spacial score (nSPS) is 18.5. The molecule has 0 bridgehead atoms. The quantitative estimate of drug-likeness (QED) is 0.491. The summed E-state index contributed by atoms with van der Waals surface area (Å²) in [6.45, 7) is 3.66. The van der Waals surface area contributed by atoms with E-state index in [1.807, 2.05) is 23.5 Å². The van der Waals surface area contributed by atoms with Gasteiger partial charge in [-0.25, -0.2) is 4.39 Å². The first-order chi connectivity index (χ1) is 15.6. The first kappa shape index (κ1) is 20.4. The van der Waals surface area contributed by atoms with Gasteiger partial charge in [-0.05, 0) is 61.1 Å². The summed E-state index contributed by atoms with van der Waals surface area (Å²) in [6.07, 6.45) is 7.65. The van der Waals surface area contributed by atoms with Crippen LogP contribution in [0.3, 0.4) is 0 Å². The number of benzene rings is 2. The van der Waals surface area contributed by atoms with Gasteiger partial charge in [0.15, 0.2) is 0 Å². The number of rotatable bonds is 6. The molecule has 2 aromatic heterocycles. The number of hydrogen-bond donors (Lipinski definition) is 1. The Morgan fingerprint density at radius 3 is 2.78 bits per heavy atom. The lowest BCUT2D eigenvalue weighted by atomic mass is 10.1. The average molecular weight is 432 g/mol. The zero-order valence-corrected chi connectivity index (χ0v) is 18.0. The minimum Gasteiger partial charge on any atom is -0.340 e. The highest BCUT2D eigenvalue weighted by Gasteiger charge is 2.32. The highest BCUT2D eigenvalue weighted by molar-refractivity contribution is 5.84. The van der Waals surface area contributed by atoms with Crippen LogP contribution in [0.25, 0.3) is 22.0 Å².